The minimum atomic E-state index is -0.363. The molecule has 0 aromatic rings. The summed E-state index contributed by atoms with van der Waals surface area (Å²) in [5.41, 5.74) is 0. The summed E-state index contributed by atoms with van der Waals surface area (Å²) in [7, 11) is 0. The lowest BCUT2D eigenvalue weighted by Crippen LogP contribution is -2.36. The molecule has 0 unspecified atom stereocenters. The Bertz CT molecular complexity index is 179. The summed E-state index contributed by atoms with van der Waals surface area (Å²) in [6.07, 6.45) is 12.4. The molecule has 1 saturated carbocycles. The molecule has 1 rings (SSSR count). The second-order valence-electron chi connectivity index (χ2n) is 4.96. The van der Waals surface area contributed by atoms with Crippen molar-refractivity contribution in [3.8, 4) is 0 Å². The van der Waals surface area contributed by atoms with Crippen LogP contribution in [0.25, 0.3) is 0 Å². The van der Waals surface area contributed by atoms with Gasteiger partial charge in [-0.05, 0) is 12.8 Å². The van der Waals surface area contributed by atoms with Crippen molar-refractivity contribution in [1.29, 1.82) is 0 Å². The topological polar surface area (TPSA) is 0 Å². The van der Waals surface area contributed by atoms with Crippen LogP contribution in [0.4, 0.5) is 0 Å². The third kappa shape index (κ3) is 4.95. The lowest BCUT2D eigenvalue weighted by atomic mass is 9.99. The Labute approximate surface area is 122 Å². The van der Waals surface area contributed by atoms with E-state index in [1.165, 1.54) is 51.4 Å². The Balaban J connectivity index is 2.54. The molecule has 1 aliphatic rings. The van der Waals surface area contributed by atoms with Gasteiger partial charge in [0.1, 0.15) is 0 Å². The first-order chi connectivity index (χ1) is 7.46. The third-order valence-corrected chi connectivity index (χ3v) is 6.57. The molecule has 0 nitrogen and oxygen atoms in total. The Morgan fingerprint density at radius 1 is 0.438 bits per heavy atom. The monoisotopic (exact) mass is 296 g/mol. The number of hydrogen-bond acceptors (Lipinski definition) is 4. The van der Waals surface area contributed by atoms with Crippen LogP contribution in [0.3, 0.4) is 0 Å². The minimum absolute atomic E-state index is 0.363. The van der Waals surface area contributed by atoms with E-state index in [9.17, 15) is 0 Å². The summed E-state index contributed by atoms with van der Waals surface area (Å²) in [4.78, 5) is 0. The molecule has 16 heavy (non-hydrogen) atoms. The third-order valence-electron chi connectivity index (χ3n) is 3.44. The van der Waals surface area contributed by atoms with E-state index in [1.807, 2.05) is 0 Å². The summed E-state index contributed by atoms with van der Waals surface area (Å²) in [5, 5.41) is 0. The maximum absolute atomic E-state index is 4.67. The number of hydrogen-bond donors (Lipinski definition) is 4. The van der Waals surface area contributed by atoms with Crippen LogP contribution in [0.1, 0.15) is 64.2 Å². The molecule has 0 saturated heterocycles. The average molecular weight is 297 g/mol. The van der Waals surface area contributed by atoms with Crippen LogP contribution in [0.5, 0.6) is 0 Å². The fraction of sp³-hybridized carbons (Fsp3) is 1.00. The summed E-state index contributed by atoms with van der Waals surface area (Å²) in [6, 6.07) is 0. The second-order valence-corrected chi connectivity index (χ2v) is 8.72. The first-order valence-corrected chi connectivity index (χ1v) is 8.14. The Kier molecular flexibility index (Phi) is 6.86. The molecule has 0 N–H and O–H groups in total. The Morgan fingerprint density at radius 2 is 0.688 bits per heavy atom. The van der Waals surface area contributed by atoms with Crippen LogP contribution in [0.15, 0.2) is 0 Å². The van der Waals surface area contributed by atoms with E-state index in [2.05, 4.69) is 50.5 Å². The van der Waals surface area contributed by atoms with E-state index in [0.717, 1.165) is 12.8 Å². The quantitative estimate of drug-likeness (QED) is 0.350. The second kappa shape index (κ2) is 7.10. The largest absolute Gasteiger partial charge is 0.159 e. The highest BCUT2D eigenvalue weighted by molar-refractivity contribution is 8.08. The van der Waals surface area contributed by atoms with Gasteiger partial charge in [-0.25, -0.2) is 0 Å². The van der Waals surface area contributed by atoms with Crippen LogP contribution in [-0.2, 0) is 0 Å². The van der Waals surface area contributed by atoms with E-state index in [0.29, 0.717) is 0 Å². The lowest BCUT2D eigenvalue weighted by molar-refractivity contribution is 0.494. The molecule has 0 aromatic heterocycles. The van der Waals surface area contributed by atoms with Gasteiger partial charge in [-0.3, -0.25) is 0 Å². The zero-order valence-electron chi connectivity index (χ0n) is 9.86. The van der Waals surface area contributed by atoms with Gasteiger partial charge < -0.3 is 0 Å². The van der Waals surface area contributed by atoms with Crippen molar-refractivity contribution in [2.24, 2.45) is 0 Å². The van der Waals surface area contributed by atoms with Crippen molar-refractivity contribution in [3.63, 3.8) is 0 Å². The fourth-order valence-electron chi connectivity index (χ4n) is 2.20. The molecule has 96 valence electrons. The average Bonchev–Trinajstić information content (AvgIpc) is 2.19. The van der Waals surface area contributed by atoms with Gasteiger partial charge in [-0.15, -0.1) is 0 Å². The van der Waals surface area contributed by atoms with Gasteiger partial charge in [0.25, 0.3) is 0 Å². The van der Waals surface area contributed by atoms with Crippen LogP contribution in [0.2, 0.25) is 0 Å². The normalized spacial score (nSPS) is 27.8. The molecule has 1 aliphatic carbocycles. The molecule has 0 atom stereocenters. The fourth-order valence-corrected chi connectivity index (χ4v) is 3.28. The molecule has 0 aromatic carbocycles. The van der Waals surface area contributed by atoms with Gasteiger partial charge in [0.15, 0.2) is 0 Å². The highest BCUT2D eigenvalue weighted by atomic mass is 32.2. The first-order valence-electron chi connectivity index (χ1n) is 6.35. The SMILES string of the molecule is SC1(S)CCCCCCCCCCC1(S)S. The van der Waals surface area contributed by atoms with Crippen LogP contribution in [0, 0.1) is 0 Å². The Morgan fingerprint density at radius 3 is 1.00 bits per heavy atom. The molecule has 0 aliphatic heterocycles. The highest BCUT2D eigenvalue weighted by Gasteiger charge is 2.40. The van der Waals surface area contributed by atoms with Crippen LogP contribution >= 0.6 is 50.5 Å². The van der Waals surface area contributed by atoms with Crippen molar-refractivity contribution < 1.29 is 0 Å². The molecule has 0 radical (unpaired) electrons. The summed E-state index contributed by atoms with van der Waals surface area (Å²) < 4.78 is -0.725. The van der Waals surface area contributed by atoms with Crippen molar-refractivity contribution in [2.45, 2.75) is 72.4 Å². The van der Waals surface area contributed by atoms with Crippen molar-refractivity contribution in [2.75, 3.05) is 0 Å². The van der Waals surface area contributed by atoms with Gasteiger partial charge in [0, 0.05) is 0 Å². The van der Waals surface area contributed by atoms with Crippen LogP contribution < -0.4 is 0 Å². The summed E-state index contributed by atoms with van der Waals surface area (Å²) >= 11 is 18.7. The van der Waals surface area contributed by atoms with Gasteiger partial charge in [-0.2, -0.15) is 50.5 Å². The minimum Gasteiger partial charge on any atom is -0.159 e. The molecule has 0 bridgehead atoms. The van der Waals surface area contributed by atoms with Gasteiger partial charge in [0.05, 0.1) is 8.16 Å². The molecular formula is C12H24S4. The van der Waals surface area contributed by atoms with E-state index < -0.39 is 0 Å². The van der Waals surface area contributed by atoms with Gasteiger partial charge >= 0.3 is 0 Å². The maximum atomic E-state index is 4.67. The van der Waals surface area contributed by atoms with Crippen molar-refractivity contribution in [3.05, 3.63) is 0 Å². The molecule has 0 amide bonds. The Hall–Kier alpha value is 1.40. The maximum Gasteiger partial charge on any atom is 0.0784 e. The predicted octanol–water partition coefficient (Wildman–Crippen LogP) is 5.01. The van der Waals surface area contributed by atoms with Crippen molar-refractivity contribution in [1.82, 2.24) is 0 Å². The van der Waals surface area contributed by atoms with E-state index >= 15 is 0 Å². The van der Waals surface area contributed by atoms with Gasteiger partial charge in [0.2, 0.25) is 0 Å². The van der Waals surface area contributed by atoms with E-state index in [1.54, 1.807) is 0 Å². The van der Waals surface area contributed by atoms with E-state index in [-0.39, 0.29) is 8.16 Å². The van der Waals surface area contributed by atoms with Crippen LogP contribution in [-0.4, -0.2) is 8.16 Å². The molecular weight excluding hydrogens is 272 g/mol. The standard InChI is InChI=1S/C12H24S4/c13-11(14)9-7-5-3-1-2-4-6-8-10-12(11,15)16/h13-16H,1-10H2. The van der Waals surface area contributed by atoms with Gasteiger partial charge in [-0.1, -0.05) is 51.4 Å². The van der Waals surface area contributed by atoms with E-state index in [4.69, 9.17) is 0 Å². The smallest absolute Gasteiger partial charge is 0.0784 e. The zero-order valence-corrected chi connectivity index (χ0v) is 13.4. The number of thiol groups is 4. The lowest BCUT2D eigenvalue weighted by Gasteiger charge is -2.38. The zero-order chi connectivity index (χ0) is 12.1. The number of rotatable bonds is 0. The summed E-state index contributed by atoms with van der Waals surface area (Å²) in [5.74, 6) is 0. The highest BCUT2D eigenvalue weighted by Crippen LogP contribution is 2.48. The predicted molar refractivity (Wildman–Crippen MR) is 87.6 cm³/mol. The molecule has 0 spiro atoms. The van der Waals surface area contributed by atoms with Crippen molar-refractivity contribution >= 4 is 50.5 Å². The molecule has 4 heteroatoms. The first kappa shape index (κ1) is 15.5. The summed E-state index contributed by atoms with van der Waals surface area (Å²) in [6.45, 7) is 0. The molecule has 0 heterocycles. The molecule has 1 fully saturated rings.